The lowest BCUT2D eigenvalue weighted by Crippen LogP contribution is -2.48. The second kappa shape index (κ2) is 7.65. The molecule has 3 aromatic rings. The van der Waals surface area contributed by atoms with Gasteiger partial charge in [-0.05, 0) is 37.8 Å². The van der Waals surface area contributed by atoms with E-state index in [2.05, 4.69) is 33.9 Å². The summed E-state index contributed by atoms with van der Waals surface area (Å²) in [5, 5.41) is 14.8. The fraction of sp³-hybridized carbons (Fsp3) is 0.450. The van der Waals surface area contributed by atoms with Crippen molar-refractivity contribution >= 4 is 17.1 Å². The molecule has 4 rings (SSSR count). The van der Waals surface area contributed by atoms with Crippen molar-refractivity contribution < 1.29 is 14.6 Å². The number of amides is 1. The standard InChI is InChI=1S/C20H24N6O3/c1-12(2)16-9-14(6-8-25(16)20(27)28)26-18-15(10-24-26)19(23-11-22-18)29-17-5-4-7-21-13(17)3/h4-5,7,10-12,14,16H,6,8-9H2,1-3H3,(H,27,28). The lowest BCUT2D eigenvalue weighted by molar-refractivity contribution is 0.0714. The first-order valence-electron chi connectivity index (χ1n) is 9.73. The molecule has 4 heterocycles. The van der Waals surface area contributed by atoms with E-state index in [1.165, 1.54) is 6.33 Å². The third-order valence-electron chi connectivity index (χ3n) is 5.50. The van der Waals surface area contributed by atoms with Crippen LogP contribution >= 0.6 is 0 Å². The Morgan fingerprint density at radius 2 is 2.14 bits per heavy atom. The zero-order chi connectivity index (χ0) is 20.5. The maximum Gasteiger partial charge on any atom is 0.407 e. The van der Waals surface area contributed by atoms with E-state index in [-0.39, 0.29) is 18.0 Å². The van der Waals surface area contributed by atoms with Crippen LogP contribution in [0.2, 0.25) is 0 Å². The molecule has 1 aliphatic rings. The first-order chi connectivity index (χ1) is 14.0. The van der Waals surface area contributed by atoms with Gasteiger partial charge in [0.05, 0.1) is 17.9 Å². The summed E-state index contributed by atoms with van der Waals surface area (Å²) in [7, 11) is 0. The van der Waals surface area contributed by atoms with Crippen LogP contribution in [0.4, 0.5) is 4.79 Å². The minimum Gasteiger partial charge on any atom is -0.465 e. The lowest BCUT2D eigenvalue weighted by Gasteiger charge is -2.40. The van der Waals surface area contributed by atoms with Crippen LogP contribution in [0.15, 0.2) is 30.9 Å². The van der Waals surface area contributed by atoms with E-state index >= 15 is 0 Å². The van der Waals surface area contributed by atoms with Crippen LogP contribution in [0.5, 0.6) is 11.6 Å². The average molecular weight is 396 g/mol. The zero-order valence-electron chi connectivity index (χ0n) is 16.7. The zero-order valence-corrected chi connectivity index (χ0v) is 16.7. The Kier molecular flexibility index (Phi) is 5.04. The number of carboxylic acid groups (broad SMARTS) is 1. The molecule has 1 fully saturated rings. The minimum absolute atomic E-state index is 0.0545. The van der Waals surface area contributed by atoms with Gasteiger partial charge in [-0.1, -0.05) is 13.8 Å². The Labute approximate surface area is 168 Å². The predicted molar refractivity (Wildman–Crippen MR) is 106 cm³/mol. The Bertz CT molecular complexity index is 1030. The Morgan fingerprint density at radius 3 is 2.86 bits per heavy atom. The first kappa shape index (κ1) is 19.1. The predicted octanol–water partition coefficient (Wildman–Crippen LogP) is 3.66. The van der Waals surface area contributed by atoms with E-state index < -0.39 is 6.09 Å². The van der Waals surface area contributed by atoms with Crippen LogP contribution in [0.1, 0.15) is 38.4 Å². The van der Waals surface area contributed by atoms with Crippen molar-refractivity contribution in [2.45, 2.75) is 45.7 Å². The smallest absolute Gasteiger partial charge is 0.407 e. The topological polar surface area (TPSA) is 106 Å². The second-order valence-electron chi connectivity index (χ2n) is 7.66. The van der Waals surface area contributed by atoms with Crippen molar-refractivity contribution in [1.29, 1.82) is 0 Å². The molecule has 0 bridgehead atoms. The summed E-state index contributed by atoms with van der Waals surface area (Å²) in [6, 6.07) is 3.67. The van der Waals surface area contributed by atoms with E-state index in [1.807, 2.05) is 23.7 Å². The first-order valence-corrected chi connectivity index (χ1v) is 9.73. The highest BCUT2D eigenvalue weighted by Crippen LogP contribution is 2.34. The Hall–Kier alpha value is -3.23. The number of piperidine rings is 1. The van der Waals surface area contributed by atoms with Gasteiger partial charge in [-0.2, -0.15) is 5.10 Å². The average Bonchev–Trinajstić information content (AvgIpc) is 3.14. The van der Waals surface area contributed by atoms with E-state index in [9.17, 15) is 9.90 Å². The minimum atomic E-state index is -0.864. The van der Waals surface area contributed by atoms with Crippen molar-refractivity contribution in [1.82, 2.24) is 29.6 Å². The molecule has 2 unspecified atom stereocenters. The van der Waals surface area contributed by atoms with E-state index in [4.69, 9.17) is 4.74 Å². The fourth-order valence-electron chi connectivity index (χ4n) is 3.94. The molecule has 0 radical (unpaired) electrons. The summed E-state index contributed by atoms with van der Waals surface area (Å²) in [4.78, 5) is 26.1. The van der Waals surface area contributed by atoms with Gasteiger partial charge in [0.2, 0.25) is 5.88 Å². The molecule has 9 heteroatoms. The SMILES string of the molecule is Cc1ncccc1Oc1ncnc2c1cnn2C1CCN(C(=O)O)C(C(C)C)C1. The van der Waals surface area contributed by atoms with Crippen molar-refractivity contribution in [3.63, 3.8) is 0 Å². The largest absolute Gasteiger partial charge is 0.465 e. The highest BCUT2D eigenvalue weighted by molar-refractivity contribution is 5.80. The number of likely N-dealkylation sites (tertiary alicyclic amines) is 1. The Balaban J connectivity index is 1.64. The number of hydrogen-bond acceptors (Lipinski definition) is 6. The molecule has 152 valence electrons. The van der Waals surface area contributed by atoms with E-state index in [1.54, 1.807) is 17.3 Å². The van der Waals surface area contributed by atoms with Gasteiger partial charge < -0.3 is 14.7 Å². The van der Waals surface area contributed by atoms with Crippen molar-refractivity contribution in [3.05, 3.63) is 36.5 Å². The van der Waals surface area contributed by atoms with Gasteiger partial charge in [0, 0.05) is 18.8 Å². The molecule has 29 heavy (non-hydrogen) atoms. The maximum atomic E-state index is 11.6. The highest BCUT2D eigenvalue weighted by Gasteiger charge is 2.35. The monoisotopic (exact) mass is 396 g/mol. The fourth-order valence-corrected chi connectivity index (χ4v) is 3.94. The molecule has 0 spiro atoms. The summed E-state index contributed by atoms with van der Waals surface area (Å²) in [5.41, 5.74) is 1.46. The number of rotatable bonds is 4. The van der Waals surface area contributed by atoms with Crippen LogP contribution < -0.4 is 4.74 Å². The molecule has 1 amide bonds. The van der Waals surface area contributed by atoms with Gasteiger partial charge in [0.25, 0.3) is 0 Å². The molecule has 1 saturated heterocycles. The number of aromatic nitrogens is 5. The number of nitrogens with zero attached hydrogens (tertiary/aromatic N) is 6. The van der Waals surface area contributed by atoms with Gasteiger partial charge >= 0.3 is 6.09 Å². The van der Waals surface area contributed by atoms with Gasteiger partial charge in [0.1, 0.15) is 11.7 Å². The molecule has 9 nitrogen and oxygen atoms in total. The van der Waals surface area contributed by atoms with Crippen LogP contribution in [-0.4, -0.2) is 53.4 Å². The number of aryl methyl sites for hydroxylation is 1. The second-order valence-corrected chi connectivity index (χ2v) is 7.66. The molecule has 2 atom stereocenters. The molecule has 0 saturated carbocycles. The van der Waals surface area contributed by atoms with Gasteiger partial charge in [-0.15, -0.1) is 0 Å². The number of hydrogen-bond donors (Lipinski definition) is 1. The molecular formula is C20H24N6O3. The quantitative estimate of drug-likeness (QED) is 0.717. The number of carbonyl (C=O) groups is 1. The number of fused-ring (bicyclic) bond motifs is 1. The van der Waals surface area contributed by atoms with Crippen molar-refractivity contribution in [2.75, 3.05) is 6.54 Å². The van der Waals surface area contributed by atoms with Crippen molar-refractivity contribution in [2.24, 2.45) is 5.92 Å². The molecule has 1 N–H and O–H groups in total. The molecular weight excluding hydrogens is 372 g/mol. The summed E-state index contributed by atoms with van der Waals surface area (Å²) in [6.45, 7) is 6.45. The lowest BCUT2D eigenvalue weighted by atomic mass is 9.90. The van der Waals surface area contributed by atoms with E-state index in [0.717, 1.165) is 11.1 Å². The highest BCUT2D eigenvalue weighted by atomic mass is 16.5. The summed E-state index contributed by atoms with van der Waals surface area (Å²) >= 11 is 0. The summed E-state index contributed by atoms with van der Waals surface area (Å²) in [6.07, 6.45) is 5.41. The van der Waals surface area contributed by atoms with Gasteiger partial charge in [0.15, 0.2) is 11.4 Å². The van der Waals surface area contributed by atoms with Crippen molar-refractivity contribution in [3.8, 4) is 11.6 Å². The normalized spacial score (nSPS) is 19.7. The van der Waals surface area contributed by atoms with Gasteiger partial charge in [-0.3, -0.25) is 4.98 Å². The molecule has 3 aromatic heterocycles. The molecule has 0 aliphatic carbocycles. The molecule has 0 aromatic carbocycles. The van der Waals surface area contributed by atoms with E-state index in [0.29, 0.717) is 36.7 Å². The maximum absolute atomic E-state index is 11.6. The third-order valence-corrected chi connectivity index (χ3v) is 5.50. The third kappa shape index (κ3) is 3.59. The number of pyridine rings is 1. The summed E-state index contributed by atoms with van der Waals surface area (Å²) in [5.74, 6) is 1.29. The van der Waals surface area contributed by atoms with Crippen LogP contribution in [0.3, 0.4) is 0 Å². The van der Waals surface area contributed by atoms with Crippen LogP contribution in [0.25, 0.3) is 11.0 Å². The van der Waals surface area contributed by atoms with Crippen LogP contribution in [-0.2, 0) is 0 Å². The van der Waals surface area contributed by atoms with Crippen LogP contribution in [0, 0.1) is 12.8 Å². The van der Waals surface area contributed by atoms with Gasteiger partial charge in [-0.25, -0.2) is 19.4 Å². The molecule has 1 aliphatic heterocycles. The number of ether oxygens (including phenoxy) is 1. The Morgan fingerprint density at radius 1 is 1.31 bits per heavy atom. The summed E-state index contributed by atoms with van der Waals surface area (Å²) < 4.78 is 7.86.